The van der Waals surface area contributed by atoms with Gasteiger partial charge in [0.1, 0.15) is 17.0 Å². The molecule has 5 rings (SSSR count). The highest BCUT2D eigenvalue weighted by molar-refractivity contribution is 6.11. The van der Waals surface area contributed by atoms with Crippen LogP contribution < -0.4 is 15.0 Å². The van der Waals surface area contributed by atoms with Crippen molar-refractivity contribution in [3.05, 3.63) is 90.2 Å². The van der Waals surface area contributed by atoms with Gasteiger partial charge in [-0.05, 0) is 29.8 Å². The molecule has 1 aliphatic heterocycles. The minimum Gasteiger partial charge on any atom is -0.497 e. The molecule has 2 heterocycles. The summed E-state index contributed by atoms with van der Waals surface area (Å²) >= 11 is 0. The Hall–Kier alpha value is -4.26. The van der Waals surface area contributed by atoms with E-state index >= 15 is 0 Å². The number of hydrogen-bond donors (Lipinski definition) is 1. The molecule has 35 heavy (non-hydrogen) atoms. The fourth-order valence-corrected chi connectivity index (χ4v) is 4.40. The Balaban J connectivity index is 1.34. The molecule has 0 aliphatic carbocycles. The van der Waals surface area contributed by atoms with Gasteiger partial charge in [0.25, 0.3) is 5.91 Å². The van der Waals surface area contributed by atoms with Crippen LogP contribution >= 0.6 is 0 Å². The van der Waals surface area contributed by atoms with Crippen molar-refractivity contribution in [1.29, 1.82) is 0 Å². The Kier molecular flexibility index (Phi) is 6.39. The van der Waals surface area contributed by atoms with Crippen LogP contribution in [0.25, 0.3) is 11.0 Å². The van der Waals surface area contributed by atoms with E-state index in [4.69, 9.17) is 9.15 Å². The Morgan fingerprint density at radius 1 is 0.914 bits per heavy atom. The summed E-state index contributed by atoms with van der Waals surface area (Å²) in [6.07, 6.45) is 0.215. The van der Waals surface area contributed by atoms with Crippen molar-refractivity contribution in [2.24, 2.45) is 0 Å². The molecule has 1 N–H and O–H groups in total. The fraction of sp³-hybridized carbons (Fsp3) is 0.214. The lowest BCUT2D eigenvalue weighted by atomic mass is 10.1. The van der Waals surface area contributed by atoms with Crippen molar-refractivity contribution in [1.82, 2.24) is 4.90 Å². The van der Waals surface area contributed by atoms with E-state index < -0.39 is 0 Å². The summed E-state index contributed by atoms with van der Waals surface area (Å²) < 4.78 is 11.3. The summed E-state index contributed by atoms with van der Waals surface area (Å²) in [6, 6.07) is 24.8. The van der Waals surface area contributed by atoms with Crippen molar-refractivity contribution >= 4 is 34.2 Å². The second-order valence-corrected chi connectivity index (χ2v) is 8.49. The molecule has 1 saturated heterocycles. The van der Waals surface area contributed by atoms with E-state index in [-0.39, 0.29) is 24.0 Å². The van der Waals surface area contributed by atoms with Gasteiger partial charge in [-0.3, -0.25) is 9.59 Å². The van der Waals surface area contributed by atoms with E-state index in [0.717, 1.165) is 17.0 Å². The molecular weight excluding hydrogens is 442 g/mol. The third kappa shape index (κ3) is 4.84. The molecule has 0 bridgehead atoms. The van der Waals surface area contributed by atoms with Crippen LogP contribution in [0.15, 0.2) is 83.3 Å². The van der Waals surface area contributed by atoms with Crippen LogP contribution in [0.2, 0.25) is 0 Å². The molecule has 0 saturated carbocycles. The molecule has 0 radical (unpaired) electrons. The zero-order valence-corrected chi connectivity index (χ0v) is 19.6. The predicted octanol–water partition coefficient (Wildman–Crippen LogP) is 4.59. The number of para-hydroxylation sites is 1. The van der Waals surface area contributed by atoms with E-state index in [0.29, 0.717) is 42.8 Å². The van der Waals surface area contributed by atoms with Gasteiger partial charge in [-0.2, -0.15) is 0 Å². The van der Waals surface area contributed by atoms with Crippen molar-refractivity contribution in [3.8, 4) is 5.75 Å². The number of fused-ring (bicyclic) bond motifs is 1. The quantitative estimate of drug-likeness (QED) is 0.447. The van der Waals surface area contributed by atoms with Crippen LogP contribution in [0.3, 0.4) is 0 Å². The number of ether oxygens (including phenoxy) is 1. The molecule has 1 aromatic heterocycles. The molecule has 4 aromatic rings. The Morgan fingerprint density at radius 3 is 2.43 bits per heavy atom. The van der Waals surface area contributed by atoms with Crippen molar-refractivity contribution < 1.29 is 18.7 Å². The van der Waals surface area contributed by atoms with Crippen molar-refractivity contribution in [3.63, 3.8) is 0 Å². The minimum absolute atomic E-state index is 0.169. The monoisotopic (exact) mass is 469 g/mol. The molecule has 7 heteroatoms. The lowest BCUT2D eigenvalue weighted by molar-refractivity contribution is -0.115. The zero-order valence-electron chi connectivity index (χ0n) is 19.6. The van der Waals surface area contributed by atoms with Crippen LogP contribution in [0.5, 0.6) is 5.75 Å². The SMILES string of the molecule is COc1cccc(N2CCN(C(=O)c3oc4ccccc4c3NC(=O)Cc3ccccc3)CC2)c1. The van der Waals surface area contributed by atoms with E-state index in [1.807, 2.05) is 72.8 Å². The molecule has 0 unspecified atom stereocenters. The smallest absolute Gasteiger partial charge is 0.291 e. The second kappa shape index (κ2) is 9.93. The number of hydrogen-bond acceptors (Lipinski definition) is 5. The molecule has 7 nitrogen and oxygen atoms in total. The lowest BCUT2D eigenvalue weighted by Gasteiger charge is -2.36. The first-order valence-corrected chi connectivity index (χ1v) is 11.7. The number of nitrogens with zero attached hydrogens (tertiary/aromatic N) is 2. The molecule has 0 spiro atoms. The number of benzene rings is 3. The minimum atomic E-state index is -0.221. The highest BCUT2D eigenvalue weighted by Crippen LogP contribution is 2.32. The molecule has 0 atom stereocenters. The normalized spacial score (nSPS) is 13.6. The van der Waals surface area contributed by atoms with Crippen LogP contribution in [-0.2, 0) is 11.2 Å². The lowest BCUT2D eigenvalue weighted by Crippen LogP contribution is -2.48. The van der Waals surface area contributed by atoms with Gasteiger partial charge in [-0.1, -0.05) is 48.5 Å². The van der Waals surface area contributed by atoms with Crippen LogP contribution in [-0.4, -0.2) is 50.0 Å². The predicted molar refractivity (Wildman–Crippen MR) is 136 cm³/mol. The first-order chi connectivity index (χ1) is 17.1. The van der Waals surface area contributed by atoms with Gasteiger partial charge in [0, 0.05) is 43.3 Å². The van der Waals surface area contributed by atoms with Crippen molar-refractivity contribution in [2.75, 3.05) is 43.5 Å². The number of nitrogens with one attached hydrogen (secondary N) is 1. The first-order valence-electron chi connectivity index (χ1n) is 11.7. The van der Waals surface area contributed by atoms with Crippen LogP contribution in [0.1, 0.15) is 16.1 Å². The number of methoxy groups -OCH3 is 1. The fourth-order valence-electron chi connectivity index (χ4n) is 4.40. The van der Waals surface area contributed by atoms with Gasteiger partial charge in [-0.15, -0.1) is 0 Å². The molecule has 2 amide bonds. The highest BCUT2D eigenvalue weighted by atomic mass is 16.5. The van der Waals surface area contributed by atoms with Gasteiger partial charge in [0.05, 0.1) is 13.5 Å². The Labute approximate surface area is 203 Å². The highest BCUT2D eigenvalue weighted by Gasteiger charge is 2.29. The number of rotatable bonds is 6. The summed E-state index contributed by atoms with van der Waals surface area (Å²) in [5.41, 5.74) is 2.97. The largest absolute Gasteiger partial charge is 0.497 e. The maximum absolute atomic E-state index is 13.5. The number of carbonyl (C=O) groups excluding carboxylic acids is 2. The molecule has 178 valence electrons. The van der Waals surface area contributed by atoms with Crippen LogP contribution in [0, 0.1) is 0 Å². The number of furan rings is 1. The second-order valence-electron chi connectivity index (χ2n) is 8.49. The molecule has 3 aromatic carbocycles. The van der Waals surface area contributed by atoms with E-state index in [1.54, 1.807) is 18.1 Å². The average Bonchev–Trinajstić information content (AvgIpc) is 3.27. The summed E-state index contributed by atoms with van der Waals surface area (Å²) in [7, 11) is 1.65. The van der Waals surface area contributed by atoms with Gasteiger partial charge < -0.3 is 24.3 Å². The standard InChI is InChI=1S/C28H27N3O4/c1-34-22-11-7-10-21(19-22)30-14-16-31(17-15-30)28(33)27-26(23-12-5-6-13-24(23)35-27)29-25(32)18-20-8-3-2-4-9-20/h2-13,19H,14-18H2,1H3,(H,29,32). The molecular formula is C28H27N3O4. The summed E-state index contributed by atoms with van der Waals surface area (Å²) in [4.78, 5) is 30.4. The Morgan fingerprint density at radius 2 is 1.66 bits per heavy atom. The van der Waals surface area contributed by atoms with Gasteiger partial charge in [0.2, 0.25) is 11.7 Å². The molecule has 1 fully saturated rings. The number of anilines is 2. The molecule has 1 aliphatic rings. The van der Waals surface area contributed by atoms with Crippen LogP contribution in [0.4, 0.5) is 11.4 Å². The van der Waals surface area contributed by atoms with E-state index in [2.05, 4.69) is 10.2 Å². The van der Waals surface area contributed by atoms with E-state index in [9.17, 15) is 9.59 Å². The Bertz CT molecular complexity index is 1340. The topological polar surface area (TPSA) is 75.0 Å². The first kappa shape index (κ1) is 22.5. The van der Waals surface area contributed by atoms with E-state index in [1.165, 1.54) is 0 Å². The third-order valence-corrected chi connectivity index (χ3v) is 6.25. The van der Waals surface area contributed by atoms with Gasteiger partial charge in [0.15, 0.2) is 0 Å². The third-order valence-electron chi connectivity index (χ3n) is 6.25. The maximum Gasteiger partial charge on any atom is 0.291 e. The summed E-state index contributed by atoms with van der Waals surface area (Å²) in [5, 5.41) is 3.66. The zero-order chi connectivity index (χ0) is 24.2. The number of piperazine rings is 1. The maximum atomic E-state index is 13.5. The average molecular weight is 470 g/mol. The van der Waals surface area contributed by atoms with Gasteiger partial charge in [-0.25, -0.2) is 0 Å². The summed E-state index contributed by atoms with van der Waals surface area (Å²) in [5.74, 6) is 0.558. The van der Waals surface area contributed by atoms with Gasteiger partial charge >= 0.3 is 0 Å². The summed E-state index contributed by atoms with van der Waals surface area (Å²) in [6.45, 7) is 2.47. The van der Waals surface area contributed by atoms with Crippen molar-refractivity contribution in [2.45, 2.75) is 6.42 Å². The number of carbonyl (C=O) groups is 2. The number of amides is 2.